The maximum absolute atomic E-state index is 4.77. The van der Waals surface area contributed by atoms with Crippen molar-refractivity contribution in [2.45, 2.75) is 47.6 Å². The molecule has 0 aliphatic rings. The lowest BCUT2D eigenvalue weighted by Gasteiger charge is -2.26. The molecule has 1 aromatic carbocycles. The van der Waals surface area contributed by atoms with Crippen molar-refractivity contribution in [2.75, 3.05) is 13.1 Å². The molecule has 0 amide bonds. The molecule has 0 spiro atoms. The first kappa shape index (κ1) is 23.5. The zero-order valence-electron chi connectivity index (χ0n) is 17.5. The van der Waals surface area contributed by atoms with Gasteiger partial charge in [-0.2, -0.15) is 5.10 Å². The molecule has 0 saturated heterocycles. The van der Waals surface area contributed by atoms with Gasteiger partial charge in [-0.15, -0.1) is 24.0 Å². The van der Waals surface area contributed by atoms with Gasteiger partial charge in [-0.1, -0.05) is 44.2 Å². The normalized spacial score (nSPS) is 11.9. The van der Waals surface area contributed by atoms with Crippen molar-refractivity contribution in [3.05, 3.63) is 52.8 Å². The van der Waals surface area contributed by atoms with Gasteiger partial charge in [-0.25, -0.2) is 4.99 Å². The third-order valence-corrected chi connectivity index (χ3v) is 4.66. The fourth-order valence-corrected chi connectivity index (χ4v) is 3.08. The Bertz CT molecular complexity index is 735. The largest absolute Gasteiger partial charge is 0.357 e. The number of benzene rings is 1. The topological polar surface area (TPSA) is 54.2 Å². The lowest BCUT2D eigenvalue weighted by molar-refractivity contribution is 0.359. The molecule has 0 unspecified atom stereocenters. The predicted molar refractivity (Wildman–Crippen MR) is 125 cm³/mol. The van der Waals surface area contributed by atoms with E-state index in [0.717, 1.165) is 31.2 Å². The van der Waals surface area contributed by atoms with Crippen LogP contribution in [-0.2, 0) is 20.0 Å². The van der Waals surface area contributed by atoms with Gasteiger partial charge in [0, 0.05) is 31.4 Å². The van der Waals surface area contributed by atoms with Crippen LogP contribution in [0.1, 0.15) is 43.3 Å². The van der Waals surface area contributed by atoms with Crippen molar-refractivity contribution in [3.63, 3.8) is 0 Å². The van der Waals surface area contributed by atoms with E-state index in [4.69, 9.17) is 4.99 Å². The number of nitrogens with zero attached hydrogens (tertiary/aromatic N) is 3. The Morgan fingerprint density at radius 3 is 2.37 bits per heavy atom. The van der Waals surface area contributed by atoms with E-state index in [1.807, 2.05) is 18.7 Å². The van der Waals surface area contributed by atoms with Gasteiger partial charge in [0.2, 0.25) is 0 Å². The van der Waals surface area contributed by atoms with Crippen molar-refractivity contribution in [3.8, 4) is 0 Å². The lowest BCUT2D eigenvalue weighted by Crippen LogP contribution is -2.42. The molecular formula is C21H34IN5. The number of hydrogen-bond acceptors (Lipinski definition) is 2. The van der Waals surface area contributed by atoms with Gasteiger partial charge in [0.05, 0.1) is 12.2 Å². The van der Waals surface area contributed by atoms with E-state index in [-0.39, 0.29) is 29.4 Å². The van der Waals surface area contributed by atoms with Crippen LogP contribution in [0.2, 0.25) is 0 Å². The number of rotatable bonds is 7. The van der Waals surface area contributed by atoms with E-state index in [2.05, 4.69) is 73.8 Å². The molecule has 150 valence electrons. The van der Waals surface area contributed by atoms with Crippen LogP contribution in [0.5, 0.6) is 0 Å². The minimum Gasteiger partial charge on any atom is -0.357 e. The highest BCUT2D eigenvalue weighted by atomic mass is 127. The van der Waals surface area contributed by atoms with Crippen molar-refractivity contribution >= 4 is 29.9 Å². The third kappa shape index (κ3) is 7.16. The Kier molecular flexibility index (Phi) is 9.29. The van der Waals surface area contributed by atoms with E-state index in [0.29, 0.717) is 6.54 Å². The highest BCUT2D eigenvalue weighted by Crippen LogP contribution is 2.20. The molecule has 6 heteroatoms. The van der Waals surface area contributed by atoms with E-state index in [1.165, 1.54) is 16.8 Å². The summed E-state index contributed by atoms with van der Waals surface area (Å²) in [5.74, 6) is 0.858. The first-order valence-electron chi connectivity index (χ1n) is 9.37. The summed E-state index contributed by atoms with van der Waals surface area (Å²) in [6, 6.07) is 10.6. The summed E-state index contributed by atoms with van der Waals surface area (Å²) in [6.07, 6.45) is 1.03. The zero-order chi connectivity index (χ0) is 19.2. The number of aryl methyl sites for hydroxylation is 2. The Hall–Kier alpha value is -1.57. The summed E-state index contributed by atoms with van der Waals surface area (Å²) in [7, 11) is 1.98. The number of guanidine groups is 1. The molecule has 0 bridgehead atoms. The van der Waals surface area contributed by atoms with Crippen LogP contribution < -0.4 is 10.6 Å². The summed E-state index contributed by atoms with van der Waals surface area (Å²) < 4.78 is 1.92. The van der Waals surface area contributed by atoms with Gasteiger partial charge < -0.3 is 10.6 Å². The Morgan fingerprint density at radius 2 is 1.81 bits per heavy atom. The summed E-state index contributed by atoms with van der Waals surface area (Å²) >= 11 is 0. The molecule has 0 aliphatic heterocycles. The van der Waals surface area contributed by atoms with E-state index in [9.17, 15) is 0 Å². The van der Waals surface area contributed by atoms with Gasteiger partial charge in [0.15, 0.2) is 5.96 Å². The standard InChI is InChI=1S/C21H33N5.HI/c1-7-22-20(23-14-19-16(2)25-26(6)17(19)3)24-15-21(4,5)13-18-11-9-8-10-12-18;/h8-12H,7,13-15H2,1-6H3,(H2,22,23,24);1H. The van der Waals surface area contributed by atoms with Crippen molar-refractivity contribution in [2.24, 2.45) is 17.5 Å². The molecule has 0 radical (unpaired) electrons. The highest BCUT2D eigenvalue weighted by molar-refractivity contribution is 14.0. The minimum atomic E-state index is 0. The van der Waals surface area contributed by atoms with Crippen LogP contribution in [0.15, 0.2) is 35.3 Å². The monoisotopic (exact) mass is 483 g/mol. The van der Waals surface area contributed by atoms with E-state index in [1.54, 1.807) is 0 Å². The van der Waals surface area contributed by atoms with Gasteiger partial charge >= 0.3 is 0 Å². The first-order chi connectivity index (χ1) is 12.3. The predicted octanol–water partition coefficient (Wildman–Crippen LogP) is 3.98. The molecule has 27 heavy (non-hydrogen) atoms. The maximum Gasteiger partial charge on any atom is 0.191 e. The quantitative estimate of drug-likeness (QED) is 0.356. The second-order valence-corrected chi connectivity index (χ2v) is 7.65. The van der Waals surface area contributed by atoms with Crippen molar-refractivity contribution in [1.29, 1.82) is 0 Å². The molecule has 2 rings (SSSR count). The van der Waals surface area contributed by atoms with Crippen molar-refractivity contribution < 1.29 is 0 Å². The second kappa shape index (κ2) is 10.7. The maximum atomic E-state index is 4.77. The molecule has 0 atom stereocenters. The van der Waals surface area contributed by atoms with Crippen LogP contribution in [0.25, 0.3) is 0 Å². The van der Waals surface area contributed by atoms with Gasteiger partial charge in [0.1, 0.15) is 0 Å². The molecular weight excluding hydrogens is 449 g/mol. The number of hydrogen-bond donors (Lipinski definition) is 2. The van der Waals surface area contributed by atoms with Crippen LogP contribution in [0, 0.1) is 19.3 Å². The fraction of sp³-hybridized carbons (Fsp3) is 0.524. The van der Waals surface area contributed by atoms with Crippen molar-refractivity contribution in [1.82, 2.24) is 20.4 Å². The van der Waals surface area contributed by atoms with Gasteiger partial charge in [-0.05, 0) is 38.2 Å². The summed E-state index contributed by atoms with van der Waals surface area (Å²) in [6.45, 7) is 13.1. The van der Waals surface area contributed by atoms with Crippen LogP contribution in [0.3, 0.4) is 0 Å². The Labute approximate surface area is 181 Å². The van der Waals surface area contributed by atoms with E-state index >= 15 is 0 Å². The lowest BCUT2D eigenvalue weighted by atomic mass is 9.86. The first-order valence-corrected chi connectivity index (χ1v) is 9.37. The summed E-state index contributed by atoms with van der Waals surface area (Å²) in [5.41, 5.74) is 4.93. The van der Waals surface area contributed by atoms with Crippen LogP contribution in [-0.4, -0.2) is 28.8 Å². The Morgan fingerprint density at radius 1 is 1.15 bits per heavy atom. The number of nitrogens with one attached hydrogen (secondary N) is 2. The highest BCUT2D eigenvalue weighted by Gasteiger charge is 2.19. The molecule has 1 aromatic heterocycles. The van der Waals surface area contributed by atoms with Crippen LogP contribution in [0.4, 0.5) is 0 Å². The van der Waals surface area contributed by atoms with Gasteiger partial charge in [-0.3, -0.25) is 4.68 Å². The molecule has 0 aliphatic carbocycles. The average molecular weight is 483 g/mol. The fourth-order valence-electron chi connectivity index (χ4n) is 3.08. The average Bonchev–Trinajstić information content (AvgIpc) is 2.83. The summed E-state index contributed by atoms with van der Waals surface area (Å²) in [5, 5.41) is 11.3. The number of aromatic nitrogens is 2. The SMILES string of the molecule is CCNC(=NCc1c(C)nn(C)c1C)NCC(C)(C)Cc1ccccc1.I. The Balaban J connectivity index is 0.00000364. The molecule has 0 fully saturated rings. The molecule has 2 N–H and O–H groups in total. The van der Waals surface area contributed by atoms with E-state index < -0.39 is 0 Å². The zero-order valence-corrected chi connectivity index (χ0v) is 19.8. The number of aliphatic imine (C=N–C) groups is 1. The summed E-state index contributed by atoms with van der Waals surface area (Å²) in [4.78, 5) is 4.77. The molecule has 5 nitrogen and oxygen atoms in total. The van der Waals surface area contributed by atoms with Gasteiger partial charge in [0.25, 0.3) is 0 Å². The van der Waals surface area contributed by atoms with Crippen LogP contribution >= 0.6 is 24.0 Å². The second-order valence-electron chi connectivity index (χ2n) is 7.65. The molecule has 0 saturated carbocycles. The smallest absolute Gasteiger partial charge is 0.191 e. The minimum absolute atomic E-state index is 0. The third-order valence-electron chi connectivity index (χ3n) is 4.66. The number of halogens is 1. The molecule has 2 aromatic rings. The molecule has 1 heterocycles.